The molecular weight excluding hydrogens is 180 g/mol. The molecule has 92 valence electrons. The molecule has 0 saturated carbocycles. The molecule has 0 rings (SSSR count). The lowest BCUT2D eigenvalue weighted by molar-refractivity contribution is 0.0158. The highest BCUT2D eigenvalue weighted by Crippen LogP contribution is 2.49. The van der Waals surface area contributed by atoms with Crippen LogP contribution >= 0.6 is 0 Å². The number of hydrogen-bond donors (Lipinski definition) is 0. The monoisotopic (exact) mass is 212 g/mol. The maximum atomic E-state index is 2.48. The second-order valence-corrected chi connectivity index (χ2v) is 6.59. The first-order valence-electron chi connectivity index (χ1n) is 6.72. The standard InChI is InChI=1S/C15H32/c1-9-12(4)13(14(5,6)7)15(8,10-2)11-3/h12-13H,9-11H2,1-8H3. The fourth-order valence-corrected chi connectivity index (χ4v) is 3.51. The summed E-state index contributed by atoms with van der Waals surface area (Å²) in [4.78, 5) is 0. The van der Waals surface area contributed by atoms with E-state index in [9.17, 15) is 0 Å². The van der Waals surface area contributed by atoms with Crippen LogP contribution in [0, 0.1) is 22.7 Å². The van der Waals surface area contributed by atoms with E-state index in [1.807, 2.05) is 0 Å². The first-order valence-corrected chi connectivity index (χ1v) is 6.72. The van der Waals surface area contributed by atoms with Gasteiger partial charge in [-0.25, -0.2) is 0 Å². The largest absolute Gasteiger partial charge is 0.0651 e. The molecule has 0 aliphatic heterocycles. The van der Waals surface area contributed by atoms with Crippen LogP contribution in [-0.2, 0) is 0 Å². The molecule has 0 heterocycles. The van der Waals surface area contributed by atoms with Crippen molar-refractivity contribution in [2.45, 2.75) is 74.7 Å². The van der Waals surface area contributed by atoms with E-state index >= 15 is 0 Å². The maximum Gasteiger partial charge on any atom is -0.0286 e. The molecule has 0 fully saturated rings. The van der Waals surface area contributed by atoms with E-state index in [4.69, 9.17) is 0 Å². The van der Waals surface area contributed by atoms with Crippen molar-refractivity contribution in [2.24, 2.45) is 22.7 Å². The van der Waals surface area contributed by atoms with Gasteiger partial charge in [0.25, 0.3) is 0 Å². The molecule has 0 aromatic rings. The van der Waals surface area contributed by atoms with Crippen molar-refractivity contribution in [3.05, 3.63) is 0 Å². The molecule has 0 saturated heterocycles. The van der Waals surface area contributed by atoms with E-state index in [1.54, 1.807) is 0 Å². The minimum Gasteiger partial charge on any atom is -0.0651 e. The maximum absolute atomic E-state index is 2.48. The molecular formula is C15H32. The number of hydrogen-bond acceptors (Lipinski definition) is 0. The topological polar surface area (TPSA) is 0 Å². The van der Waals surface area contributed by atoms with Gasteiger partial charge in [0.1, 0.15) is 0 Å². The second-order valence-electron chi connectivity index (χ2n) is 6.59. The molecule has 0 bridgehead atoms. The van der Waals surface area contributed by atoms with Gasteiger partial charge in [-0.2, -0.15) is 0 Å². The molecule has 0 nitrogen and oxygen atoms in total. The smallest absolute Gasteiger partial charge is 0.0286 e. The van der Waals surface area contributed by atoms with Crippen molar-refractivity contribution in [3.63, 3.8) is 0 Å². The van der Waals surface area contributed by atoms with E-state index in [0.717, 1.165) is 11.8 Å². The summed E-state index contributed by atoms with van der Waals surface area (Å²) in [6.45, 7) is 19.2. The van der Waals surface area contributed by atoms with Crippen LogP contribution in [0.15, 0.2) is 0 Å². The van der Waals surface area contributed by atoms with Gasteiger partial charge in [-0.3, -0.25) is 0 Å². The minimum absolute atomic E-state index is 0.427. The van der Waals surface area contributed by atoms with Crippen molar-refractivity contribution in [1.82, 2.24) is 0 Å². The van der Waals surface area contributed by atoms with E-state index in [1.165, 1.54) is 19.3 Å². The fourth-order valence-electron chi connectivity index (χ4n) is 3.51. The highest BCUT2D eigenvalue weighted by molar-refractivity contribution is 4.90. The summed E-state index contributed by atoms with van der Waals surface area (Å²) in [7, 11) is 0. The van der Waals surface area contributed by atoms with Crippen LogP contribution in [-0.4, -0.2) is 0 Å². The van der Waals surface area contributed by atoms with Gasteiger partial charge >= 0.3 is 0 Å². The average molecular weight is 212 g/mol. The molecule has 0 aliphatic rings. The molecule has 0 radical (unpaired) electrons. The quantitative estimate of drug-likeness (QED) is 0.563. The summed E-state index contributed by atoms with van der Waals surface area (Å²) in [5, 5.41) is 0. The average Bonchev–Trinajstić information content (AvgIpc) is 2.15. The van der Waals surface area contributed by atoms with Crippen LogP contribution in [0.2, 0.25) is 0 Å². The van der Waals surface area contributed by atoms with Gasteiger partial charge in [0.15, 0.2) is 0 Å². The van der Waals surface area contributed by atoms with Crippen molar-refractivity contribution in [3.8, 4) is 0 Å². The Kier molecular flexibility index (Phi) is 5.37. The summed E-state index contributed by atoms with van der Waals surface area (Å²) in [5.41, 5.74) is 0.934. The predicted molar refractivity (Wildman–Crippen MR) is 71.1 cm³/mol. The molecule has 0 aromatic carbocycles. The SMILES string of the molecule is CCC(C)C(C(C)(C)C)C(C)(CC)CC. The van der Waals surface area contributed by atoms with Crippen molar-refractivity contribution in [1.29, 1.82) is 0 Å². The van der Waals surface area contributed by atoms with Crippen molar-refractivity contribution in [2.75, 3.05) is 0 Å². The van der Waals surface area contributed by atoms with E-state index in [2.05, 4.69) is 55.4 Å². The van der Waals surface area contributed by atoms with Gasteiger partial charge in [0.05, 0.1) is 0 Å². The third kappa shape index (κ3) is 3.50. The van der Waals surface area contributed by atoms with E-state index in [-0.39, 0.29) is 0 Å². The van der Waals surface area contributed by atoms with Crippen LogP contribution in [0.25, 0.3) is 0 Å². The Balaban J connectivity index is 5.09. The lowest BCUT2D eigenvalue weighted by Crippen LogP contribution is -2.40. The first-order chi connectivity index (χ1) is 6.72. The van der Waals surface area contributed by atoms with Crippen LogP contribution in [0.3, 0.4) is 0 Å². The Morgan fingerprint density at radius 1 is 0.867 bits per heavy atom. The van der Waals surface area contributed by atoms with Crippen LogP contribution < -0.4 is 0 Å². The van der Waals surface area contributed by atoms with Gasteiger partial charge in [-0.15, -0.1) is 0 Å². The highest BCUT2D eigenvalue weighted by Gasteiger charge is 2.41. The molecule has 0 N–H and O–H groups in total. The Labute approximate surface area is 97.8 Å². The van der Waals surface area contributed by atoms with Crippen molar-refractivity contribution < 1.29 is 0 Å². The summed E-state index contributed by atoms with van der Waals surface area (Å²) in [6, 6.07) is 0. The highest BCUT2D eigenvalue weighted by atomic mass is 14.5. The molecule has 0 aliphatic carbocycles. The van der Waals surface area contributed by atoms with Gasteiger partial charge < -0.3 is 0 Å². The van der Waals surface area contributed by atoms with Gasteiger partial charge in [-0.05, 0) is 22.7 Å². The molecule has 15 heavy (non-hydrogen) atoms. The molecule has 0 heteroatoms. The number of rotatable bonds is 5. The summed E-state index contributed by atoms with van der Waals surface area (Å²) in [6.07, 6.45) is 3.91. The molecule has 0 spiro atoms. The third-order valence-electron chi connectivity index (χ3n) is 4.51. The van der Waals surface area contributed by atoms with Crippen LogP contribution in [0.4, 0.5) is 0 Å². The zero-order valence-corrected chi connectivity index (χ0v) is 12.3. The third-order valence-corrected chi connectivity index (χ3v) is 4.51. The normalized spacial score (nSPS) is 17.6. The molecule has 0 aromatic heterocycles. The lowest BCUT2D eigenvalue weighted by Gasteiger charge is -2.48. The molecule has 2 atom stereocenters. The van der Waals surface area contributed by atoms with Crippen LogP contribution in [0.5, 0.6) is 0 Å². The summed E-state index contributed by atoms with van der Waals surface area (Å²) >= 11 is 0. The lowest BCUT2D eigenvalue weighted by atomic mass is 9.57. The fraction of sp³-hybridized carbons (Fsp3) is 1.00. The van der Waals surface area contributed by atoms with E-state index in [0.29, 0.717) is 10.8 Å². The second kappa shape index (κ2) is 5.37. The van der Waals surface area contributed by atoms with Gasteiger partial charge in [-0.1, -0.05) is 74.7 Å². The Bertz CT molecular complexity index is 169. The first kappa shape index (κ1) is 15.0. The zero-order valence-electron chi connectivity index (χ0n) is 12.3. The van der Waals surface area contributed by atoms with Gasteiger partial charge in [0.2, 0.25) is 0 Å². The Hall–Kier alpha value is 0. The van der Waals surface area contributed by atoms with E-state index < -0.39 is 0 Å². The zero-order chi connectivity index (χ0) is 12.3. The predicted octanol–water partition coefficient (Wildman–Crippen LogP) is 5.52. The van der Waals surface area contributed by atoms with Crippen molar-refractivity contribution >= 4 is 0 Å². The minimum atomic E-state index is 0.427. The van der Waals surface area contributed by atoms with Gasteiger partial charge in [0, 0.05) is 0 Å². The molecule has 0 amide bonds. The molecule has 2 unspecified atom stereocenters. The summed E-state index contributed by atoms with van der Waals surface area (Å²) < 4.78 is 0. The Morgan fingerprint density at radius 2 is 1.27 bits per heavy atom. The Morgan fingerprint density at radius 3 is 1.47 bits per heavy atom. The summed E-state index contributed by atoms with van der Waals surface area (Å²) in [5.74, 6) is 1.65. The van der Waals surface area contributed by atoms with Crippen LogP contribution in [0.1, 0.15) is 74.7 Å².